The van der Waals surface area contributed by atoms with Crippen LogP contribution in [0.2, 0.25) is 0 Å². The highest BCUT2D eigenvalue weighted by molar-refractivity contribution is 5.80. The van der Waals surface area contributed by atoms with Crippen LogP contribution in [0.25, 0.3) is 10.9 Å². The van der Waals surface area contributed by atoms with Crippen molar-refractivity contribution in [2.24, 2.45) is 5.73 Å². The van der Waals surface area contributed by atoms with E-state index in [-0.39, 0.29) is 5.97 Å². The molecule has 0 spiro atoms. The number of nitrogens with zero attached hydrogens (tertiary/aromatic N) is 1. The van der Waals surface area contributed by atoms with E-state index >= 15 is 0 Å². The predicted molar refractivity (Wildman–Crippen MR) is 70.1 cm³/mol. The summed E-state index contributed by atoms with van der Waals surface area (Å²) in [6, 6.07) is 9.14. The summed E-state index contributed by atoms with van der Waals surface area (Å²) < 4.78 is 4.89. The zero-order chi connectivity index (χ0) is 13.0. The van der Waals surface area contributed by atoms with E-state index in [0.29, 0.717) is 13.0 Å². The van der Waals surface area contributed by atoms with Crippen molar-refractivity contribution >= 4 is 16.9 Å². The van der Waals surface area contributed by atoms with Gasteiger partial charge in [0.15, 0.2) is 0 Å². The normalized spacial score (nSPS) is 12.3. The first kappa shape index (κ1) is 12.5. The molecule has 2 aromatic rings. The molecular weight excluding hydrogens is 228 g/mol. The van der Waals surface area contributed by atoms with Crippen molar-refractivity contribution in [2.75, 3.05) is 6.61 Å². The lowest BCUT2D eigenvalue weighted by Crippen LogP contribution is -2.34. The Morgan fingerprint density at radius 2 is 2.28 bits per heavy atom. The van der Waals surface area contributed by atoms with Gasteiger partial charge in [-0.2, -0.15) is 0 Å². The minimum Gasteiger partial charge on any atom is -0.465 e. The Hall–Kier alpha value is -1.94. The van der Waals surface area contributed by atoms with Crippen LogP contribution < -0.4 is 5.73 Å². The van der Waals surface area contributed by atoms with Crippen molar-refractivity contribution in [3.8, 4) is 0 Å². The van der Waals surface area contributed by atoms with Gasteiger partial charge in [-0.25, -0.2) is 0 Å². The van der Waals surface area contributed by atoms with Crippen molar-refractivity contribution in [3.63, 3.8) is 0 Å². The molecule has 1 heterocycles. The fourth-order valence-corrected chi connectivity index (χ4v) is 1.84. The number of fused-ring (bicyclic) bond motifs is 1. The monoisotopic (exact) mass is 244 g/mol. The number of carbonyl (C=O) groups is 1. The van der Waals surface area contributed by atoms with Crippen molar-refractivity contribution in [1.82, 2.24) is 4.98 Å². The van der Waals surface area contributed by atoms with Crippen LogP contribution >= 0.6 is 0 Å². The van der Waals surface area contributed by atoms with Gasteiger partial charge >= 0.3 is 5.97 Å². The third-order valence-corrected chi connectivity index (χ3v) is 2.71. The van der Waals surface area contributed by atoms with Gasteiger partial charge in [0.1, 0.15) is 6.04 Å². The molecule has 1 aromatic heterocycles. The largest absolute Gasteiger partial charge is 0.465 e. The molecule has 0 aliphatic carbocycles. The van der Waals surface area contributed by atoms with Crippen molar-refractivity contribution < 1.29 is 9.53 Å². The van der Waals surface area contributed by atoms with Crippen molar-refractivity contribution in [2.45, 2.75) is 19.4 Å². The Bertz CT molecular complexity index is 554. The number of pyridine rings is 1. The van der Waals surface area contributed by atoms with E-state index in [2.05, 4.69) is 4.98 Å². The lowest BCUT2D eigenvalue weighted by Gasteiger charge is -2.10. The average molecular weight is 244 g/mol. The summed E-state index contributed by atoms with van der Waals surface area (Å²) in [6.07, 6.45) is 2.23. The van der Waals surface area contributed by atoms with Crippen LogP contribution in [0, 0.1) is 0 Å². The number of hydrogen-bond acceptors (Lipinski definition) is 4. The molecule has 0 bridgehead atoms. The summed E-state index contributed by atoms with van der Waals surface area (Å²) in [5.74, 6) is -0.358. The second kappa shape index (κ2) is 5.60. The van der Waals surface area contributed by atoms with Crippen LogP contribution in [0.15, 0.2) is 36.5 Å². The molecule has 0 aliphatic heterocycles. The summed E-state index contributed by atoms with van der Waals surface area (Å²) in [6.45, 7) is 2.13. The Balaban J connectivity index is 2.14. The van der Waals surface area contributed by atoms with E-state index in [1.54, 1.807) is 13.1 Å². The van der Waals surface area contributed by atoms with Gasteiger partial charge in [0.2, 0.25) is 0 Å². The Morgan fingerprint density at radius 3 is 3.06 bits per heavy atom. The van der Waals surface area contributed by atoms with Gasteiger partial charge in [-0.15, -0.1) is 0 Å². The Kier molecular flexibility index (Phi) is 3.89. The number of esters is 1. The summed E-state index contributed by atoms with van der Waals surface area (Å²) in [7, 11) is 0. The van der Waals surface area contributed by atoms with E-state index in [9.17, 15) is 4.79 Å². The van der Waals surface area contributed by atoms with Gasteiger partial charge in [-0.1, -0.05) is 12.1 Å². The van der Waals surface area contributed by atoms with Crippen molar-refractivity contribution in [1.29, 1.82) is 0 Å². The maximum Gasteiger partial charge on any atom is 0.323 e. The van der Waals surface area contributed by atoms with E-state index in [4.69, 9.17) is 10.5 Å². The third-order valence-electron chi connectivity index (χ3n) is 2.71. The van der Waals surface area contributed by atoms with E-state index in [1.165, 1.54) is 0 Å². The number of nitrogens with two attached hydrogens (primary N) is 1. The highest BCUT2D eigenvalue weighted by Crippen LogP contribution is 2.14. The highest BCUT2D eigenvalue weighted by atomic mass is 16.5. The Morgan fingerprint density at radius 1 is 1.44 bits per heavy atom. The molecule has 4 heteroatoms. The Labute approximate surface area is 106 Å². The molecule has 1 aromatic carbocycles. The molecule has 0 saturated carbocycles. The standard InChI is InChI=1S/C14H16N2O2/c1-2-18-14(17)12(15)9-10-5-6-13-11(8-10)4-3-7-16-13/h3-8,12H,2,9,15H2,1H3. The number of ether oxygens (including phenoxy) is 1. The quantitative estimate of drug-likeness (QED) is 0.831. The van der Waals surface area contributed by atoms with Gasteiger partial charge in [-0.05, 0) is 37.1 Å². The first-order valence-electron chi connectivity index (χ1n) is 5.96. The SMILES string of the molecule is CCOC(=O)C(N)Cc1ccc2ncccc2c1. The maximum absolute atomic E-state index is 11.5. The first-order chi connectivity index (χ1) is 8.70. The molecule has 2 N–H and O–H groups in total. The summed E-state index contributed by atoms with van der Waals surface area (Å²) in [5, 5.41) is 1.05. The van der Waals surface area contributed by atoms with Crippen LogP contribution in [0.3, 0.4) is 0 Å². The van der Waals surface area contributed by atoms with E-state index in [1.807, 2.05) is 30.3 Å². The molecule has 1 atom stereocenters. The molecule has 0 fully saturated rings. The predicted octanol–water partition coefficient (Wildman–Crippen LogP) is 1.67. The number of benzene rings is 1. The molecular formula is C14H16N2O2. The van der Waals surface area contributed by atoms with E-state index in [0.717, 1.165) is 16.5 Å². The molecule has 18 heavy (non-hydrogen) atoms. The molecule has 0 saturated heterocycles. The van der Waals surface area contributed by atoms with Gasteiger partial charge in [-0.3, -0.25) is 9.78 Å². The number of hydrogen-bond donors (Lipinski definition) is 1. The van der Waals surface area contributed by atoms with Crippen molar-refractivity contribution in [3.05, 3.63) is 42.1 Å². The molecule has 0 amide bonds. The third kappa shape index (κ3) is 2.84. The van der Waals surface area contributed by atoms with E-state index < -0.39 is 6.04 Å². The topological polar surface area (TPSA) is 65.2 Å². The molecule has 94 valence electrons. The fraction of sp³-hybridized carbons (Fsp3) is 0.286. The summed E-state index contributed by atoms with van der Waals surface area (Å²) in [4.78, 5) is 15.7. The lowest BCUT2D eigenvalue weighted by molar-refractivity contribution is -0.144. The maximum atomic E-state index is 11.5. The summed E-state index contributed by atoms with van der Waals surface area (Å²) >= 11 is 0. The zero-order valence-electron chi connectivity index (χ0n) is 10.3. The van der Waals surface area contributed by atoms with Gasteiger partial charge < -0.3 is 10.5 Å². The van der Waals surface area contributed by atoms with Crippen LogP contribution in [-0.4, -0.2) is 23.6 Å². The smallest absolute Gasteiger partial charge is 0.323 e. The number of aromatic nitrogens is 1. The van der Waals surface area contributed by atoms with Crippen LogP contribution in [-0.2, 0) is 16.0 Å². The van der Waals surface area contributed by atoms with Gasteiger partial charge in [0.05, 0.1) is 12.1 Å². The van der Waals surface area contributed by atoms with Crippen LogP contribution in [0.1, 0.15) is 12.5 Å². The molecule has 4 nitrogen and oxygen atoms in total. The zero-order valence-corrected chi connectivity index (χ0v) is 10.3. The molecule has 0 radical (unpaired) electrons. The van der Waals surface area contributed by atoms with Crippen LogP contribution in [0.4, 0.5) is 0 Å². The number of carbonyl (C=O) groups excluding carboxylic acids is 1. The molecule has 1 unspecified atom stereocenters. The minimum absolute atomic E-state index is 0.355. The molecule has 2 rings (SSSR count). The van der Waals surface area contributed by atoms with Crippen LogP contribution in [0.5, 0.6) is 0 Å². The van der Waals surface area contributed by atoms with Gasteiger partial charge in [0, 0.05) is 11.6 Å². The summed E-state index contributed by atoms with van der Waals surface area (Å²) in [5.41, 5.74) is 7.74. The van der Waals surface area contributed by atoms with Gasteiger partial charge in [0.25, 0.3) is 0 Å². The number of rotatable bonds is 4. The second-order valence-electron chi connectivity index (χ2n) is 4.09. The minimum atomic E-state index is -0.612. The molecule has 0 aliphatic rings. The lowest BCUT2D eigenvalue weighted by atomic mass is 10.0. The highest BCUT2D eigenvalue weighted by Gasteiger charge is 2.15. The fourth-order valence-electron chi connectivity index (χ4n) is 1.84. The first-order valence-corrected chi connectivity index (χ1v) is 5.96. The second-order valence-corrected chi connectivity index (χ2v) is 4.09. The average Bonchev–Trinajstić information content (AvgIpc) is 2.39.